The van der Waals surface area contributed by atoms with Crippen molar-refractivity contribution in [3.63, 3.8) is 0 Å². The third kappa shape index (κ3) is 4.27. The summed E-state index contributed by atoms with van der Waals surface area (Å²) in [6, 6.07) is 3.34. The Hall–Kier alpha value is -2.65. The molecule has 1 aliphatic heterocycles. The lowest BCUT2D eigenvalue weighted by Crippen LogP contribution is -2.50. The van der Waals surface area contributed by atoms with E-state index in [-0.39, 0.29) is 18.4 Å². The number of nitrogens with two attached hydrogens (primary N) is 1. The molecule has 2 aromatic heterocycles. The first kappa shape index (κ1) is 20.6. The number of nitrogens with zero attached hydrogens (tertiary/aromatic N) is 2. The van der Waals surface area contributed by atoms with Crippen LogP contribution in [0, 0.1) is 5.92 Å². The Kier molecular flexibility index (Phi) is 5.92. The van der Waals surface area contributed by atoms with Gasteiger partial charge in [0, 0.05) is 31.1 Å². The van der Waals surface area contributed by atoms with Crippen LogP contribution in [0.5, 0.6) is 0 Å². The van der Waals surface area contributed by atoms with Crippen molar-refractivity contribution in [2.75, 3.05) is 38.0 Å². The number of fused-ring (bicyclic) bond motifs is 1. The van der Waals surface area contributed by atoms with Gasteiger partial charge < -0.3 is 20.4 Å². The second-order valence-corrected chi connectivity index (χ2v) is 9.12. The molecule has 160 valence electrons. The minimum Gasteiger partial charge on any atom is -0.459 e. The molecule has 0 saturated carbocycles. The van der Waals surface area contributed by atoms with Crippen LogP contribution >= 0.6 is 11.3 Å². The highest BCUT2D eigenvalue weighted by Gasteiger charge is 2.28. The summed E-state index contributed by atoms with van der Waals surface area (Å²) in [6.07, 6.45) is 4.25. The molecule has 4 rings (SSSR count). The Bertz CT molecular complexity index is 945. The van der Waals surface area contributed by atoms with Gasteiger partial charge in [-0.2, -0.15) is 0 Å². The number of nitrogens with one attached hydrogen (secondary N) is 1. The van der Waals surface area contributed by atoms with Crippen LogP contribution in [-0.4, -0.2) is 60.2 Å². The molecule has 1 atom stereocenters. The number of hydrogen-bond donors (Lipinski definition) is 2. The number of primary amides is 1. The van der Waals surface area contributed by atoms with Crippen LogP contribution < -0.4 is 11.1 Å². The fourth-order valence-electron chi connectivity index (χ4n) is 4.13. The number of carbonyl (C=O) groups is 3. The molecule has 1 saturated heterocycles. The molecule has 3 heterocycles. The summed E-state index contributed by atoms with van der Waals surface area (Å²) in [7, 11) is 0. The maximum absolute atomic E-state index is 12.6. The van der Waals surface area contributed by atoms with Gasteiger partial charge in [0.05, 0.1) is 18.4 Å². The van der Waals surface area contributed by atoms with Crippen LogP contribution in [0.2, 0.25) is 0 Å². The van der Waals surface area contributed by atoms with Gasteiger partial charge in [0.25, 0.3) is 11.8 Å². The summed E-state index contributed by atoms with van der Waals surface area (Å²) in [5, 5.41) is 3.48. The first-order valence-corrected chi connectivity index (χ1v) is 11.0. The zero-order valence-corrected chi connectivity index (χ0v) is 17.8. The van der Waals surface area contributed by atoms with Gasteiger partial charge in [-0.05, 0) is 42.9 Å². The Morgan fingerprint density at radius 3 is 2.70 bits per heavy atom. The molecular formula is C21H26N4O4S. The Labute approximate surface area is 179 Å². The van der Waals surface area contributed by atoms with Gasteiger partial charge in [-0.25, -0.2) is 0 Å². The summed E-state index contributed by atoms with van der Waals surface area (Å²) in [6.45, 7) is 4.66. The van der Waals surface area contributed by atoms with E-state index in [4.69, 9.17) is 10.2 Å². The van der Waals surface area contributed by atoms with Crippen LogP contribution in [0.25, 0.3) is 0 Å². The van der Waals surface area contributed by atoms with E-state index in [1.54, 1.807) is 17.0 Å². The predicted molar refractivity (Wildman–Crippen MR) is 114 cm³/mol. The number of carbonyl (C=O) groups excluding carboxylic acids is 3. The first-order chi connectivity index (χ1) is 14.4. The second-order valence-electron chi connectivity index (χ2n) is 8.01. The number of furan rings is 1. The van der Waals surface area contributed by atoms with E-state index in [2.05, 4.69) is 12.2 Å². The topological polar surface area (TPSA) is 109 Å². The van der Waals surface area contributed by atoms with E-state index in [0.717, 1.165) is 29.7 Å². The lowest BCUT2D eigenvalue weighted by Gasteiger charge is -2.33. The molecule has 3 N–H and O–H groups in total. The Morgan fingerprint density at radius 1 is 1.27 bits per heavy atom. The minimum atomic E-state index is -0.484. The van der Waals surface area contributed by atoms with Crippen LogP contribution in [0.4, 0.5) is 5.00 Å². The molecule has 0 spiro atoms. The lowest BCUT2D eigenvalue weighted by molar-refractivity contribution is -0.117. The highest BCUT2D eigenvalue weighted by Crippen LogP contribution is 2.39. The lowest BCUT2D eigenvalue weighted by atomic mass is 9.88. The molecule has 0 radical (unpaired) electrons. The molecule has 0 bridgehead atoms. The fourth-order valence-corrected chi connectivity index (χ4v) is 5.57. The fraction of sp³-hybridized carbons (Fsp3) is 0.476. The van der Waals surface area contributed by atoms with Crippen LogP contribution in [0.3, 0.4) is 0 Å². The molecule has 0 unspecified atom stereocenters. The first-order valence-electron chi connectivity index (χ1n) is 10.2. The van der Waals surface area contributed by atoms with Crippen molar-refractivity contribution in [1.29, 1.82) is 0 Å². The van der Waals surface area contributed by atoms with E-state index >= 15 is 0 Å². The maximum atomic E-state index is 12.6. The monoisotopic (exact) mass is 430 g/mol. The number of rotatable bonds is 5. The normalized spacial score (nSPS) is 19.4. The zero-order valence-electron chi connectivity index (χ0n) is 17.0. The zero-order chi connectivity index (χ0) is 21.3. The van der Waals surface area contributed by atoms with Crippen molar-refractivity contribution in [2.24, 2.45) is 11.7 Å². The molecule has 9 heteroatoms. The van der Waals surface area contributed by atoms with Crippen molar-refractivity contribution in [1.82, 2.24) is 9.80 Å². The number of amides is 3. The van der Waals surface area contributed by atoms with E-state index in [9.17, 15) is 14.4 Å². The summed E-state index contributed by atoms with van der Waals surface area (Å²) >= 11 is 1.47. The third-order valence-electron chi connectivity index (χ3n) is 5.77. The summed E-state index contributed by atoms with van der Waals surface area (Å²) in [4.78, 5) is 41.9. The second kappa shape index (κ2) is 8.61. The van der Waals surface area contributed by atoms with Crippen molar-refractivity contribution < 1.29 is 18.8 Å². The van der Waals surface area contributed by atoms with E-state index < -0.39 is 5.91 Å². The Balaban J connectivity index is 1.35. The molecule has 0 aromatic carbocycles. The van der Waals surface area contributed by atoms with Gasteiger partial charge in [0.1, 0.15) is 5.00 Å². The molecule has 1 aliphatic carbocycles. The smallest absolute Gasteiger partial charge is 0.289 e. The highest BCUT2D eigenvalue weighted by molar-refractivity contribution is 7.17. The average molecular weight is 431 g/mol. The minimum absolute atomic E-state index is 0.131. The van der Waals surface area contributed by atoms with Gasteiger partial charge in [-0.3, -0.25) is 19.3 Å². The van der Waals surface area contributed by atoms with E-state index in [0.29, 0.717) is 48.4 Å². The molecule has 2 aliphatic rings. The Morgan fingerprint density at radius 2 is 2.03 bits per heavy atom. The summed E-state index contributed by atoms with van der Waals surface area (Å²) < 4.78 is 5.17. The number of anilines is 1. The van der Waals surface area contributed by atoms with Crippen molar-refractivity contribution in [2.45, 2.75) is 26.2 Å². The number of thiophene rings is 1. The third-order valence-corrected chi connectivity index (χ3v) is 6.94. The predicted octanol–water partition coefficient (Wildman–Crippen LogP) is 1.96. The quantitative estimate of drug-likeness (QED) is 0.754. The summed E-state index contributed by atoms with van der Waals surface area (Å²) in [5.74, 6) is 0.114. The van der Waals surface area contributed by atoms with Crippen molar-refractivity contribution >= 4 is 34.1 Å². The number of piperazine rings is 1. The molecule has 3 amide bonds. The van der Waals surface area contributed by atoms with Gasteiger partial charge in [-0.15, -0.1) is 11.3 Å². The van der Waals surface area contributed by atoms with Crippen LogP contribution in [-0.2, 0) is 17.6 Å². The van der Waals surface area contributed by atoms with Gasteiger partial charge in [0.15, 0.2) is 5.76 Å². The molecule has 30 heavy (non-hydrogen) atoms. The van der Waals surface area contributed by atoms with Crippen molar-refractivity contribution in [3.05, 3.63) is 40.2 Å². The average Bonchev–Trinajstić information content (AvgIpc) is 3.35. The molecule has 1 fully saturated rings. The largest absolute Gasteiger partial charge is 0.459 e. The number of hydrogen-bond acceptors (Lipinski definition) is 6. The van der Waals surface area contributed by atoms with Gasteiger partial charge in [0.2, 0.25) is 5.91 Å². The SMILES string of the molecule is C[C@@H]1CCc2c(sc(NC(=O)CN3CCN(C(=O)c4ccco4)CC3)c2C(N)=O)C1. The van der Waals surface area contributed by atoms with E-state index in [1.807, 2.05) is 4.90 Å². The van der Waals surface area contributed by atoms with Gasteiger partial charge in [-0.1, -0.05) is 6.92 Å². The maximum Gasteiger partial charge on any atom is 0.289 e. The molecule has 2 aromatic rings. The van der Waals surface area contributed by atoms with Crippen LogP contribution in [0.15, 0.2) is 22.8 Å². The molecule has 8 nitrogen and oxygen atoms in total. The van der Waals surface area contributed by atoms with Gasteiger partial charge >= 0.3 is 0 Å². The molecular weight excluding hydrogens is 404 g/mol. The van der Waals surface area contributed by atoms with E-state index in [1.165, 1.54) is 17.6 Å². The highest BCUT2D eigenvalue weighted by atomic mass is 32.1. The standard InChI is InChI=1S/C21H26N4O4S/c1-13-4-5-14-16(11-13)30-20(18(14)19(22)27)23-17(26)12-24-6-8-25(9-7-24)21(28)15-3-2-10-29-15/h2-3,10,13H,4-9,11-12H2,1H3,(H2,22,27)(H,23,26)/t13-/m1/s1. The summed E-state index contributed by atoms with van der Waals surface area (Å²) in [5.41, 5.74) is 7.10. The van der Waals surface area contributed by atoms with Crippen molar-refractivity contribution in [3.8, 4) is 0 Å². The van der Waals surface area contributed by atoms with Crippen LogP contribution in [0.1, 0.15) is 44.7 Å².